The average Bonchev–Trinajstić information content (AvgIpc) is 3.22. The van der Waals surface area contributed by atoms with E-state index in [-0.39, 0.29) is 11.7 Å². The second-order valence-corrected chi connectivity index (χ2v) is 5.64. The van der Waals surface area contributed by atoms with Gasteiger partial charge in [0.25, 0.3) is 0 Å². The van der Waals surface area contributed by atoms with Crippen molar-refractivity contribution in [3.05, 3.63) is 29.8 Å². The summed E-state index contributed by atoms with van der Waals surface area (Å²) in [7, 11) is 0. The number of nitrogens with one attached hydrogen (secondary N) is 1. The average molecular weight is 298 g/mol. The van der Waals surface area contributed by atoms with Crippen LogP contribution in [0.3, 0.4) is 0 Å². The lowest BCUT2D eigenvalue weighted by atomic mass is 9.95. The summed E-state index contributed by atoms with van der Waals surface area (Å²) in [5.41, 5.74) is 4.69. The number of hydrogen-bond acceptors (Lipinski definition) is 3. The summed E-state index contributed by atoms with van der Waals surface area (Å²) < 4.78 is 31.1. The number of benzene rings is 1. The van der Waals surface area contributed by atoms with Gasteiger partial charge in [-0.3, -0.25) is 4.79 Å². The van der Waals surface area contributed by atoms with Crippen molar-refractivity contribution in [1.82, 2.24) is 5.32 Å². The topological polar surface area (TPSA) is 64.3 Å². The number of hydrogen-bond donors (Lipinski definition) is 2. The lowest BCUT2D eigenvalue weighted by Gasteiger charge is -2.27. The Morgan fingerprint density at radius 2 is 2.14 bits per heavy atom. The van der Waals surface area contributed by atoms with E-state index in [1.54, 1.807) is 6.92 Å². The van der Waals surface area contributed by atoms with E-state index in [1.807, 2.05) is 0 Å². The number of carbonyl (C=O) groups is 1. The predicted octanol–water partition coefficient (Wildman–Crippen LogP) is 2.12. The van der Waals surface area contributed by atoms with E-state index in [4.69, 9.17) is 10.5 Å². The molecule has 1 unspecified atom stereocenters. The molecule has 1 atom stereocenters. The molecule has 6 heteroatoms. The van der Waals surface area contributed by atoms with Crippen LogP contribution in [0.4, 0.5) is 8.78 Å². The van der Waals surface area contributed by atoms with Crippen LogP contribution < -0.4 is 15.8 Å². The molecule has 0 bridgehead atoms. The van der Waals surface area contributed by atoms with Crippen LogP contribution in [0.15, 0.2) is 18.2 Å². The van der Waals surface area contributed by atoms with E-state index in [2.05, 4.69) is 5.32 Å². The minimum Gasteiger partial charge on any atom is -0.493 e. The molecule has 1 aromatic rings. The lowest BCUT2D eigenvalue weighted by molar-refractivity contribution is -0.124. The molecular weight excluding hydrogens is 278 g/mol. The first kappa shape index (κ1) is 15.7. The summed E-state index contributed by atoms with van der Waals surface area (Å²) in [6.07, 6.45) is 3.24. The summed E-state index contributed by atoms with van der Waals surface area (Å²) in [6, 6.07) is 3.76. The van der Waals surface area contributed by atoms with Crippen LogP contribution in [-0.2, 0) is 4.79 Å². The standard InChI is InChI=1S/C15H20F2N2O2/c1-15(14(18)20,19-10-3-4-10)7-2-8-21-11-5-6-12(16)13(17)9-11/h5-6,9-10,19H,2-4,7-8H2,1H3,(H2,18,20). The first-order valence-corrected chi connectivity index (χ1v) is 7.06. The number of primary amides is 1. The fourth-order valence-corrected chi connectivity index (χ4v) is 2.13. The Bertz CT molecular complexity index is 520. The molecule has 0 saturated heterocycles. The highest BCUT2D eigenvalue weighted by atomic mass is 19.2. The molecule has 0 aliphatic heterocycles. The first-order chi connectivity index (χ1) is 9.90. The molecule has 0 heterocycles. The van der Waals surface area contributed by atoms with E-state index in [1.165, 1.54) is 6.07 Å². The SMILES string of the molecule is CC(CCCOc1ccc(F)c(F)c1)(NC1CC1)C(N)=O. The number of amides is 1. The second kappa shape index (κ2) is 6.39. The maximum atomic E-state index is 13.0. The molecule has 0 radical (unpaired) electrons. The molecule has 0 spiro atoms. The van der Waals surface area contributed by atoms with Crippen molar-refractivity contribution in [3.8, 4) is 5.75 Å². The quantitative estimate of drug-likeness (QED) is 0.723. The highest BCUT2D eigenvalue weighted by Crippen LogP contribution is 2.25. The zero-order valence-electron chi connectivity index (χ0n) is 12.0. The Labute approximate surface area is 122 Å². The van der Waals surface area contributed by atoms with Crippen LogP contribution in [0.2, 0.25) is 0 Å². The smallest absolute Gasteiger partial charge is 0.237 e. The predicted molar refractivity (Wildman–Crippen MR) is 74.8 cm³/mol. The van der Waals surface area contributed by atoms with E-state index in [0.29, 0.717) is 25.5 Å². The molecule has 4 nitrogen and oxygen atoms in total. The summed E-state index contributed by atoms with van der Waals surface area (Å²) in [4.78, 5) is 11.6. The number of carbonyl (C=O) groups excluding carboxylic acids is 1. The Kier molecular flexibility index (Phi) is 4.77. The van der Waals surface area contributed by atoms with Gasteiger partial charge in [0.2, 0.25) is 5.91 Å². The molecular formula is C15H20F2N2O2. The highest BCUT2D eigenvalue weighted by Gasteiger charge is 2.36. The summed E-state index contributed by atoms with van der Waals surface area (Å²) >= 11 is 0. The molecule has 1 aliphatic rings. The zero-order valence-corrected chi connectivity index (χ0v) is 12.0. The van der Waals surface area contributed by atoms with Gasteiger partial charge in [-0.05, 0) is 44.7 Å². The van der Waals surface area contributed by atoms with Crippen molar-refractivity contribution in [1.29, 1.82) is 0 Å². The highest BCUT2D eigenvalue weighted by molar-refractivity contribution is 5.84. The Balaban J connectivity index is 1.79. The molecule has 1 aliphatic carbocycles. The van der Waals surface area contributed by atoms with Gasteiger partial charge in [0.1, 0.15) is 5.75 Å². The molecule has 21 heavy (non-hydrogen) atoms. The van der Waals surface area contributed by atoms with Crippen molar-refractivity contribution in [3.63, 3.8) is 0 Å². The van der Waals surface area contributed by atoms with Crippen molar-refractivity contribution < 1.29 is 18.3 Å². The van der Waals surface area contributed by atoms with E-state index in [0.717, 1.165) is 25.0 Å². The number of ether oxygens (including phenoxy) is 1. The third-order valence-electron chi connectivity index (χ3n) is 3.62. The Morgan fingerprint density at radius 3 is 2.71 bits per heavy atom. The summed E-state index contributed by atoms with van der Waals surface area (Å²) in [6.45, 7) is 2.09. The number of rotatable bonds is 8. The Morgan fingerprint density at radius 1 is 1.43 bits per heavy atom. The summed E-state index contributed by atoms with van der Waals surface area (Å²) in [5, 5.41) is 3.24. The van der Waals surface area contributed by atoms with Gasteiger partial charge in [-0.2, -0.15) is 0 Å². The minimum absolute atomic E-state index is 0.268. The van der Waals surface area contributed by atoms with Crippen LogP contribution in [0.5, 0.6) is 5.75 Å². The Hall–Kier alpha value is -1.69. The van der Waals surface area contributed by atoms with Gasteiger partial charge in [0, 0.05) is 12.1 Å². The van der Waals surface area contributed by atoms with Crippen LogP contribution in [0.1, 0.15) is 32.6 Å². The molecule has 116 valence electrons. The maximum Gasteiger partial charge on any atom is 0.237 e. The van der Waals surface area contributed by atoms with Crippen molar-refractivity contribution in [2.45, 2.75) is 44.2 Å². The molecule has 1 aromatic carbocycles. The lowest BCUT2D eigenvalue weighted by Crippen LogP contribution is -2.54. The van der Waals surface area contributed by atoms with Gasteiger partial charge < -0.3 is 15.8 Å². The van der Waals surface area contributed by atoms with Crippen LogP contribution in [-0.4, -0.2) is 24.1 Å². The normalized spacial score (nSPS) is 17.3. The largest absolute Gasteiger partial charge is 0.493 e. The van der Waals surface area contributed by atoms with Crippen LogP contribution >= 0.6 is 0 Å². The minimum atomic E-state index is -0.940. The molecule has 1 fully saturated rings. The molecule has 3 N–H and O–H groups in total. The van der Waals surface area contributed by atoms with Crippen molar-refractivity contribution in [2.24, 2.45) is 5.73 Å². The first-order valence-electron chi connectivity index (χ1n) is 7.06. The van der Waals surface area contributed by atoms with Gasteiger partial charge in [-0.25, -0.2) is 8.78 Å². The fourth-order valence-electron chi connectivity index (χ4n) is 2.13. The van der Waals surface area contributed by atoms with Gasteiger partial charge in [-0.15, -0.1) is 0 Å². The van der Waals surface area contributed by atoms with E-state index in [9.17, 15) is 13.6 Å². The van der Waals surface area contributed by atoms with Crippen LogP contribution in [0, 0.1) is 11.6 Å². The third kappa shape index (κ3) is 4.39. The molecule has 0 aromatic heterocycles. The van der Waals surface area contributed by atoms with Crippen molar-refractivity contribution >= 4 is 5.91 Å². The number of nitrogens with two attached hydrogens (primary N) is 1. The number of halogens is 2. The zero-order chi connectivity index (χ0) is 15.5. The van der Waals surface area contributed by atoms with Gasteiger partial charge in [0.15, 0.2) is 11.6 Å². The van der Waals surface area contributed by atoms with E-state index >= 15 is 0 Å². The van der Waals surface area contributed by atoms with Crippen molar-refractivity contribution in [2.75, 3.05) is 6.61 Å². The van der Waals surface area contributed by atoms with Gasteiger partial charge >= 0.3 is 0 Å². The second-order valence-electron chi connectivity index (χ2n) is 5.64. The summed E-state index contributed by atoms with van der Waals surface area (Å²) in [5.74, 6) is -1.96. The monoisotopic (exact) mass is 298 g/mol. The maximum absolute atomic E-state index is 13.0. The van der Waals surface area contributed by atoms with Gasteiger partial charge in [-0.1, -0.05) is 0 Å². The molecule has 1 saturated carbocycles. The third-order valence-corrected chi connectivity index (χ3v) is 3.62. The van der Waals surface area contributed by atoms with Gasteiger partial charge in [0.05, 0.1) is 12.1 Å². The fraction of sp³-hybridized carbons (Fsp3) is 0.533. The van der Waals surface area contributed by atoms with Crippen LogP contribution in [0.25, 0.3) is 0 Å². The molecule has 1 amide bonds. The van der Waals surface area contributed by atoms with E-state index < -0.39 is 17.2 Å². The molecule has 2 rings (SSSR count).